The normalized spacial score (nSPS) is 11.2. The zero-order valence-corrected chi connectivity index (χ0v) is 12.8. The third-order valence-corrected chi connectivity index (χ3v) is 4.53. The van der Waals surface area contributed by atoms with Crippen molar-refractivity contribution in [1.82, 2.24) is 0 Å². The van der Waals surface area contributed by atoms with E-state index in [1.54, 1.807) is 30.3 Å². The van der Waals surface area contributed by atoms with Crippen LogP contribution in [-0.2, 0) is 16.6 Å². The van der Waals surface area contributed by atoms with Crippen molar-refractivity contribution in [3.05, 3.63) is 54.1 Å². The van der Waals surface area contributed by atoms with E-state index in [1.807, 2.05) is 31.1 Å². The zero-order chi connectivity index (χ0) is 15.5. The van der Waals surface area contributed by atoms with Crippen molar-refractivity contribution in [2.75, 3.05) is 23.7 Å². The summed E-state index contributed by atoms with van der Waals surface area (Å²) in [6.07, 6.45) is 0. The summed E-state index contributed by atoms with van der Waals surface area (Å²) >= 11 is 0. The van der Waals surface area contributed by atoms with Crippen LogP contribution in [0.2, 0.25) is 0 Å². The molecule has 0 aliphatic heterocycles. The van der Waals surface area contributed by atoms with Gasteiger partial charge in [0.1, 0.15) is 0 Å². The van der Waals surface area contributed by atoms with Gasteiger partial charge in [-0.15, -0.1) is 0 Å². The number of sulfonamides is 1. The van der Waals surface area contributed by atoms with Crippen LogP contribution in [0.1, 0.15) is 5.56 Å². The first-order valence-corrected chi connectivity index (χ1v) is 7.92. The molecule has 0 aliphatic rings. The Bertz CT molecular complexity index is 727. The molecule has 0 amide bonds. The minimum absolute atomic E-state index is 0.0843. The Kier molecular flexibility index (Phi) is 4.50. The fourth-order valence-electron chi connectivity index (χ4n) is 2.05. The number of para-hydroxylation sites is 2. The predicted molar refractivity (Wildman–Crippen MR) is 83.9 cm³/mol. The molecule has 0 spiro atoms. The van der Waals surface area contributed by atoms with Gasteiger partial charge in [-0.1, -0.05) is 30.3 Å². The summed E-state index contributed by atoms with van der Waals surface area (Å²) in [5, 5.41) is 9.29. The minimum Gasteiger partial charge on any atom is -0.392 e. The van der Waals surface area contributed by atoms with E-state index < -0.39 is 10.0 Å². The number of aliphatic hydroxyl groups excluding tert-OH is 1. The second-order valence-corrected chi connectivity index (χ2v) is 6.43. The van der Waals surface area contributed by atoms with Crippen LogP contribution in [0, 0.1) is 0 Å². The van der Waals surface area contributed by atoms with Gasteiger partial charge in [0, 0.05) is 14.1 Å². The van der Waals surface area contributed by atoms with Crippen molar-refractivity contribution < 1.29 is 13.5 Å². The zero-order valence-electron chi connectivity index (χ0n) is 11.9. The quantitative estimate of drug-likeness (QED) is 0.887. The number of hydrogen-bond acceptors (Lipinski definition) is 4. The lowest BCUT2D eigenvalue weighted by atomic mass is 10.2. The molecule has 0 saturated carbocycles. The average Bonchev–Trinajstić information content (AvgIpc) is 2.47. The summed E-state index contributed by atoms with van der Waals surface area (Å²) in [6.45, 7) is -0.327. The fraction of sp³-hybridized carbons (Fsp3) is 0.200. The summed E-state index contributed by atoms with van der Waals surface area (Å²) in [5.41, 5.74) is 1.63. The maximum Gasteiger partial charge on any atom is 0.262 e. The molecule has 21 heavy (non-hydrogen) atoms. The molecule has 2 aromatic rings. The topological polar surface area (TPSA) is 69.6 Å². The van der Waals surface area contributed by atoms with Gasteiger partial charge in [-0.05, 0) is 23.8 Å². The molecule has 2 rings (SSSR count). The van der Waals surface area contributed by atoms with Gasteiger partial charge in [0.2, 0.25) is 0 Å². The Labute approximate surface area is 124 Å². The van der Waals surface area contributed by atoms with Gasteiger partial charge in [-0.2, -0.15) is 0 Å². The molecule has 0 fully saturated rings. The molecule has 112 valence electrons. The van der Waals surface area contributed by atoms with Crippen LogP contribution in [0.15, 0.2) is 53.4 Å². The van der Waals surface area contributed by atoms with Crippen LogP contribution < -0.4 is 9.62 Å². The first kappa shape index (κ1) is 15.3. The van der Waals surface area contributed by atoms with Crippen molar-refractivity contribution in [1.29, 1.82) is 0 Å². The number of anilines is 2. The second-order valence-electron chi connectivity index (χ2n) is 4.78. The van der Waals surface area contributed by atoms with Crippen molar-refractivity contribution >= 4 is 21.4 Å². The highest BCUT2D eigenvalue weighted by molar-refractivity contribution is 7.92. The molecule has 0 bridgehead atoms. The number of rotatable bonds is 5. The highest BCUT2D eigenvalue weighted by atomic mass is 32.2. The van der Waals surface area contributed by atoms with E-state index in [-0.39, 0.29) is 11.5 Å². The van der Waals surface area contributed by atoms with Crippen LogP contribution in [0.4, 0.5) is 11.4 Å². The molecule has 0 aromatic heterocycles. The molecule has 0 unspecified atom stereocenters. The molecule has 0 radical (unpaired) electrons. The van der Waals surface area contributed by atoms with E-state index in [4.69, 9.17) is 0 Å². The molecule has 0 heterocycles. The summed E-state index contributed by atoms with van der Waals surface area (Å²) in [4.78, 5) is 1.91. The van der Waals surface area contributed by atoms with Crippen molar-refractivity contribution in [3.63, 3.8) is 0 Å². The van der Waals surface area contributed by atoms with E-state index in [0.717, 1.165) is 5.69 Å². The monoisotopic (exact) mass is 306 g/mol. The number of nitrogens with one attached hydrogen (secondary N) is 1. The molecule has 2 N–H and O–H groups in total. The lowest BCUT2D eigenvalue weighted by Gasteiger charge is -2.19. The van der Waals surface area contributed by atoms with Crippen LogP contribution in [0.5, 0.6) is 0 Å². The van der Waals surface area contributed by atoms with Gasteiger partial charge in [0.25, 0.3) is 10.0 Å². The van der Waals surface area contributed by atoms with Gasteiger partial charge in [0.05, 0.1) is 22.9 Å². The Morgan fingerprint density at radius 2 is 1.67 bits per heavy atom. The van der Waals surface area contributed by atoms with E-state index >= 15 is 0 Å². The van der Waals surface area contributed by atoms with E-state index in [0.29, 0.717) is 11.3 Å². The smallest absolute Gasteiger partial charge is 0.262 e. The Balaban J connectivity index is 2.43. The largest absolute Gasteiger partial charge is 0.392 e. The first-order chi connectivity index (χ1) is 9.95. The predicted octanol–water partition coefficient (Wildman–Crippen LogP) is 2.05. The van der Waals surface area contributed by atoms with Gasteiger partial charge < -0.3 is 10.0 Å². The minimum atomic E-state index is -3.75. The molecule has 0 aliphatic carbocycles. The Morgan fingerprint density at radius 1 is 1.05 bits per heavy atom. The number of hydrogen-bond donors (Lipinski definition) is 2. The highest BCUT2D eigenvalue weighted by Gasteiger charge is 2.19. The van der Waals surface area contributed by atoms with Crippen molar-refractivity contribution in [2.45, 2.75) is 11.5 Å². The third-order valence-electron chi connectivity index (χ3n) is 3.06. The molecule has 0 saturated heterocycles. The maximum atomic E-state index is 12.5. The van der Waals surface area contributed by atoms with Crippen LogP contribution in [0.25, 0.3) is 0 Å². The molecule has 0 atom stereocenters. The summed E-state index contributed by atoms with van der Waals surface area (Å²) in [5.74, 6) is 0. The second kappa shape index (κ2) is 6.15. The summed E-state index contributed by atoms with van der Waals surface area (Å²) in [7, 11) is -0.0646. The number of benzene rings is 2. The fourth-order valence-corrected chi connectivity index (χ4v) is 3.35. The number of aliphatic hydroxyl groups is 1. The first-order valence-electron chi connectivity index (χ1n) is 6.43. The summed E-state index contributed by atoms with van der Waals surface area (Å²) in [6, 6.07) is 13.5. The molecule has 2 aromatic carbocycles. The van der Waals surface area contributed by atoms with Gasteiger partial charge in [-0.3, -0.25) is 4.72 Å². The SMILES string of the molecule is CN(C)c1ccccc1NS(=O)(=O)c1ccccc1CO. The molecular formula is C15H18N2O3S. The summed E-state index contributed by atoms with van der Waals surface area (Å²) < 4.78 is 27.6. The maximum absolute atomic E-state index is 12.5. The molecular weight excluding hydrogens is 288 g/mol. The van der Waals surface area contributed by atoms with Crippen LogP contribution in [-0.4, -0.2) is 27.6 Å². The van der Waals surface area contributed by atoms with Crippen LogP contribution >= 0.6 is 0 Å². The lowest BCUT2D eigenvalue weighted by molar-refractivity contribution is 0.278. The van der Waals surface area contributed by atoms with Crippen LogP contribution in [0.3, 0.4) is 0 Å². The van der Waals surface area contributed by atoms with Crippen molar-refractivity contribution in [2.24, 2.45) is 0 Å². The average molecular weight is 306 g/mol. The van der Waals surface area contributed by atoms with E-state index in [1.165, 1.54) is 6.07 Å². The van der Waals surface area contributed by atoms with E-state index in [9.17, 15) is 13.5 Å². The van der Waals surface area contributed by atoms with Gasteiger partial charge in [-0.25, -0.2) is 8.42 Å². The van der Waals surface area contributed by atoms with E-state index in [2.05, 4.69) is 4.72 Å². The van der Waals surface area contributed by atoms with Gasteiger partial charge >= 0.3 is 0 Å². The molecule has 6 heteroatoms. The highest BCUT2D eigenvalue weighted by Crippen LogP contribution is 2.27. The Hall–Kier alpha value is -2.05. The number of nitrogens with zero attached hydrogens (tertiary/aromatic N) is 1. The third kappa shape index (κ3) is 3.34. The van der Waals surface area contributed by atoms with Gasteiger partial charge in [0.15, 0.2) is 0 Å². The van der Waals surface area contributed by atoms with Crippen molar-refractivity contribution in [3.8, 4) is 0 Å². The lowest BCUT2D eigenvalue weighted by Crippen LogP contribution is -2.18. The standard InChI is InChI=1S/C15H18N2O3S/c1-17(2)14-9-5-4-8-13(14)16-21(19,20)15-10-6-3-7-12(15)11-18/h3-10,16,18H,11H2,1-2H3. The molecule has 5 nitrogen and oxygen atoms in total. The Morgan fingerprint density at radius 3 is 2.33 bits per heavy atom.